The van der Waals surface area contributed by atoms with Crippen LogP contribution in [0.5, 0.6) is 0 Å². The zero-order valence-electron chi connectivity index (χ0n) is 11.7. The lowest BCUT2D eigenvalue weighted by Crippen LogP contribution is -2.32. The van der Waals surface area contributed by atoms with Gasteiger partial charge in [-0.05, 0) is 12.5 Å². The predicted molar refractivity (Wildman–Crippen MR) is 82.5 cm³/mol. The Balaban J connectivity index is 2.66. The number of benzene rings is 1. The van der Waals surface area contributed by atoms with Gasteiger partial charge in [0.05, 0.1) is 11.5 Å². The third-order valence-electron chi connectivity index (χ3n) is 3.19. The van der Waals surface area contributed by atoms with E-state index in [0.717, 1.165) is 11.1 Å². The summed E-state index contributed by atoms with van der Waals surface area (Å²) in [5.41, 5.74) is 0. The first-order valence-corrected chi connectivity index (χ1v) is 8.93. The Morgan fingerprint density at radius 2 is 1.95 bits per heavy atom. The largest absolute Gasteiger partial charge is 0.391 e. The molecular formula is C14H19NO3S2. The van der Waals surface area contributed by atoms with Gasteiger partial charge in [0.15, 0.2) is 0 Å². The molecule has 1 aromatic carbocycles. The minimum atomic E-state index is -3.56. The van der Waals surface area contributed by atoms with Crippen LogP contribution >= 0.6 is 11.3 Å². The highest BCUT2D eigenvalue weighted by Crippen LogP contribution is 2.36. The quantitative estimate of drug-likeness (QED) is 0.892. The van der Waals surface area contributed by atoms with Crippen LogP contribution < -0.4 is 0 Å². The van der Waals surface area contributed by atoms with Gasteiger partial charge in [-0.2, -0.15) is 4.31 Å². The first-order valence-electron chi connectivity index (χ1n) is 6.67. The van der Waals surface area contributed by atoms with Crippen LogP contribution in [-0.4, -0.2) is 30.9 Å². The molecule has 0 atom stereocenters. The van der Waals surface area contributed by atoms with Crippen molar-refractivity contribution in [2.45, 2.75) is 31.8 Å². The van der Waals surface area contributed by atoms with Crippen molar-refractivity contribution in [2.24, 2.45) is 0 Å². The molecule has 0 aliphatic rings. The molecule has 1 N–H and O–H groups in total. The summed E-state index contributed by atoms with van der Waals surface area (Å²) in [4.78, 5) is 0.789. The van der Waals surface area contributed by atoms with E-state index in [2.05, 4.69) is 0 Å². The average molecular weight is 313 g/mol. The van der Waals surface area contributed by atoms with E-state index in [0.29, 0.717) is 23.4 Å². The van der Waals surface area contributed by atoms with E-state index >= 15 is 0 Å². The lowest BCUT2D eigenvalue weighted by atomic mass is 10.2. The molecule has 4 nitrogen and oxygen atoms in total. The second-order valence-corrected chi connectivity index (χ2v) is 7.52. The van der Waals surface area contributed by atoms with E-state index in [1.54, 1.807) is 6.07 Å². The minimum absolute atomic E-state index is 0.252. The number of nitrogens with zero attached hydrogens (tertiary/aromatic N) is 1. The van der Waals surface area contributed by atoms with Gasteiger partial charge < -0.3 is 5.11 Å². The fourth-order valence-electron chi connectivity index (χ4n) is 2.29. The highest BCUT2D eigenvalue weighted by atomic mass is 32.2. The fraction of sp³-hybridized carbons (Fsp3) is 0.429. The van der Waals surface area contributed by atoms with E-state index < -0.39 is 10.0 Å². The lowest BCUT2D eigenvalue weighted by molar-refractivity contribution is 0.282. The van der Waals surface area contributed by atoms with Gasteiger partial charge in [0.25, 0.3) is 0 Å². The SMILES string of the molecule is CCCN(CC)S(=O)(=O)c1c(CO)sc2ccccc12. The number of hydrogen-bond donors (Lipinski definition) is 1. The fourth-order valence-corrected chi connectivity index (χ4v) is 5.58. The second kappa shape index (κ2) is 6.22. The van der Waals surface area contributed by atoms with E-state index in [-0.39, 0.29) is 11.5 Å². The molecule has 2 aromatic rings. The van der Waals surface area contributed by atoms with Crippen LogP contribution in [0.1, 0.15) is 25.1 Å². The van der Waals surface area contributed by atoms with Gasteiger partial charge in [0, 0.05) is 23.2 Å². The normalized spacial score (nSPS) is 12.4. The molecule has 1 aromatic heterocycles. The topological polar surface area (TPSA) is 57.6 Å². The molecule has 0 saturated heterocycles. The van der Waals surface area contributed by atoms with Crippen LogP contribution in [0.3, 0.4) is 0 Å². The van der Waals surface area contributed by atoms with Crippen LogP contribution in [0.15, 0.2) is 29.2 Å². The monoisotopic (exact) mass is 313 g/mol. The number of fused-ring (bicyclic) bond motifs is 1. The Kier molecular flexibility index (Phi) is 4.80. The summed E-state index contributed by atoms with van der Waals surface area (Å²) < 4.78 is 28.0. The molecule has 6 heteroatoms. The summed E-state index contributed by atoms with van der Waals surface area (Å²) in [6, 6.07) is 7.39. The first kappa shape index (κ1) is 15.4. The number of aliphatic hydroxyl groups excluding tert-OH is 1. The van der Waals surface area contributed by atoms with Crippen molar-refractivity contribution < 1.29 is 13.5 Å². The molecule has 0 bridgehead atoms. The molecule has 20 heavy (non-hydrogen) atoms. The van der Waals surface area contributed by atoms with E-state index in [1.807, 2.05) is 32.0 Å². The van der Waals surface area contributed by atoms with Gasteiger partial charge >= 0.3 is 0 Å². The molecule has 110 valence electrons. The van der Waals surface area contributed by atoms with Crippen LogP contribution in [0, 0.1) is 0 Å². The third kappa shape index (κ3) is 2.61. The second-order valence-electron chi connectivity index (χ2n) is 4.51. The molecule has 0 aliphatic carbocycles. The summed E-state index contributed by atoms with van der Waals surface area (Å²) in [6.07, 6.45) is 0.767. The van der Waals surface area contributed by atoms with Crippen LogP contribution in [0.4, 0.5) is 0 Å². The summed E-state index contributed by atoms with van der Waals surface area (Å²) in [5, 5.41) is 10.2. The van der Waals surface area contributed by atoms with Crippen LogP contribution in [-0.2, 0) is 16.6 Å². The lowest BCUT2D eigenvalue weighted by Gasteiger charge is -2.20. The molecule has 0 amide bonds. The minimum Gasteiger partial charge on any atom is -0.391 e. The Morgan fingerprint density at radius 3 is 2.55 bits per heavy atom. The van der Waals surface area contributed by atoms with E-state index in [9.17, 15) is 13.5 Å². The van der Waals surface area contributed by atoms with Crippen molar-refractivity contribution in [3.05, 3.63) is 29.1 Å². The van der Waals surface area contributed by atoms with Gasteiger partial charge in [-0.1, -0.05) is 32.0 Å². The van der Waals surface area contributed by atoms with Crippen LogP contribution in [0.25, 0.3) is 10.1 Å². The molecule has 2 rings (SSSR count). The predicted octanol–water partition coefficient (Wildman–Crippen LogP) is 2.81. The summed E-state index contributed by atoms with van der Waals surface area (Å²) >= 11 is 1.34. The van der Waals surface area contributed by atoms with Gasteiger partial charge in [-0.3, -0.25) is 0 Å². The summed E-state index contributed by atoms with van der Waals surface area (Å²) in [7, 11) is -3.56. The van der Waals surface area contributed by atoms with Crippen LogP contribution in [0.2, 0.25) is 0 Å². The number of aliphatic hydroxyl groups is 1. The molecule has 0 saturated carbocycles. The molecule has 0 aliphatic heterocycles. The molecule has 0 unspecified atom stereocenters. The van der Waals surface area contributed by atoms with Crippen molar-refractivity contribution in [1.82, 2.24) is 4.31 Å². The zero-order valence-corrected chi connectivity index (χ0v) is 13.3. The molecule has 0 fully saturated rings. The number of rotatable bonds is 6. The van der Waals surface area contributed by atoms with Gasteiger partial charge in [0.2, 0.25) is 10.0 Å². The average Bonchev–Trinajstić information content (AvgIpc) is 2.83. The maximum absolute atomic E-state index is 12.8. The molecule has 1 heterocycles. The Hall–Kier alpha value is -0.950. The van der Waals surface area contributed by atoms with Crippen molar-refractivity contribution >= 4 is 31.4 Å². The van der Waals surface area contributed by atoms with E-state index in [1.165, 1.54) is 15.6 Å². The summed E-state index contributed by atoms with van der Waals surface area (Å²) in [6.45, 7) is 4.47. The highest BCUT2D eigenvalue weighted by Gasteiger charge is 2.29. The van der Waals surface area contributed by atoms with Crippen molar-refractivity contribution in [1.29, 1.82) is 0 Å². The van der Waals surface area contributed by atoms with Gasteiger partial charge in [-0.25, -0.2) is 8.42 Å². The Bertz CT molecular complexity index is 692. The maximum atomic E-state index is 12.8. The van der Waals surface area contributed by atoms with Crippen molar-refractivity contribution in [3.8, 4) is 0 Å². The first-order chi connectivity index (χ1) is 9.56. The number of thiophene rings is 1. The highest BCUT2D eigenvalue weighted by molar-refractivity contribution is 7.89. The zero-order chi connectivity index (χ0) is 14.8. The summed E-state index contributed by atoms with van der Waals surface area (Å²) in [5.74, 6) is 0. The van der Waals surface area contributed by atoms with E-state index in [4.69, 9.17) is 0 Å². The molecular weight excluding hydrogens is 294 g/mol. The molecule has 0 radical (unpaired) electrons. The number of sulfonamides is 1. The van der Waals surface area contributed by atoms with Gasteiger partial charge in [0.1, 0.15) is 4.90 Å². The maximum Gasteiger partial charge on any atom is 0.244 e. The van der Waals surface area contributed by atoms with Crippen molar-refractivity contribution in [2.75, 3.05) is 13.1 Å². The Morgan fingerprint density at radius 1 is 1.25 bits per heavy atom. The van der Waals surface area contributed by atoms with Gasteiger partial charge in [-0.15, -0.1) is 11.3 Å². The smallest absolute Gasteiger partial charge is 0.244 e. The molecule has 0 spiro atoms. The number of hydrogen-bond acceptors (Lipinski definition) is 4. The van der Waals surface area contributed by atoms with Crippen molar-refractivity contribution in [3.63, 3.8) is 0 Å². The standard InChI is InChI=1S/C14H19NO3S2/c1-3-9-15(4-2)20(17,18)14-11-7-5-6-8-12(11)19-13(14)10-16/h5-8,16H,3-4,9-10H2,1-2H3. The Labute approximate surface area is 123 Å². The third-order valence-corrected chi connectivity index (χ3v) is 6.57.